The molecule has 0 rings (SSSR count). The highest BCUT2D eigenvalue weighted by atomic mass is 32.1. The first kappa shape index (κ1) is 9.48. The SMILES string of the molecule is C=CC(=O)OC(O)(S)CO. The van der Waals surface area contributed by atoms with E-state index in [-0.39, 0.29) is 0 Å². The Balaban J connectivity index is 3.87. The number of aliphatic hydroxyl groups is 2. The number of hydrogen-bond acceptors (Lipinski definition) is 5. The van der Waals surface area contributed by atoms with E-state index >= 15 is 0 Å². The lowest BCUT2D eigenvalue weighted by atomic mass is 10.6. The summed E-state index contributed by atoms with van der Waals surface area (Å²) in [7, 11) is 0. The van der Waals surface area contributed by atoms with Crippen LogP contribution in [0.2, 0.25) is 0 Å². The third-order valence-corrected chi connectivity index (χ3v) is 0.869. The van der Waals surface area contributed by atoms with E-state index in [9.17, 15) is 4.79 Å². The van der Waals surface area contributed by atoms with Gasteiger partial charge in [-0.1, -0.05) is 19.2 Å². The number of ether oxygens (including phenoxy) is 1. The molecular formula is C5H8O4S. The molecule has 0 aliphatic carbocycles. The normalized spacial score (nSPS) is 15.5. The van der Waals surface area contributed by atoms with Gasteiger partial charge in [0, 0.05) is 6.08 Å². The zero-order valence-corrected chi connectivity index (χ0v) is 6.04. The molecule has 0 spiro atoms. The molecule has 1 unspecified atom stereocenters. The highest BCUT2D eigenvalue weighted by molar-refractivity contribution is 7.81. The molecule has 5 heteroatoms. The zero-order chi connectivity index (χ0) is 8.20. The predicted molar refractivity (Wildman–Crippen MR) is 37.3 cm³/mol. The van der Waals surface area contributed by atoms with Crippen molar-refractivity contribution in [2.45, 2.75) is 5.12 Å². The first-order valence-corrected chi connectivity index (χ1v) is 2.87. The van der Waals surface area contributed by atoms with E-state index in [2.05, 4.69) is 23.9 Å². The quantitative estimate of drug-likeness (QED) is 0.223. The molecule has 0 aromatic rings. The fourth-order valence-electron chi connectivity index (χ4n) is 0.235. The van der Waals surface area contributed by atoms with Crippen molar-refractivity contribution < 1.29 is 19.7 Å². The molecule has 4 nitrogen and oxygen atoms in total. The van der Waals surface area contributed by atoms with Gasteiger partial charge in [-0.3, -0.25) is 0 Å². The molecule has 0 saturated heterocycles. The molecule has 0 amide bonds. The fourth-order valence-corrected chi connectivity index (χ4v) is 0.325. The van der Waals surface area contributed by atoms with Crippen molar-refractivity contribution in [3.8, 4) is 0 Å². The van der Waals surface area contributed by atoms with E-state index in [0.717, 1.165) is 6.08 Å². The lowest BCUT2D eigenvalue weighted by Gasteiger charge is -2.17. The van der Waals surface area contributed by atoms with Gasteiger partial charge in [0.25, 0.3) is 5.12 Å². The molecule has 0 aliphatic rings. The fraction of sp³-hybridized carbons (Fsp3) is 0.400. The first-order valence-electron chi connectivity index (χ1n) is 2.43. The minimum atomic E-state index is -2.11. The minimum absolute atomic E-state index is 0.768. The second kappa shape index (κ2) is 3.60. The van der Waals surface area contributed by atoms with Crippen molar-refractivity contribution in [3.05, 3.63) is 12.7 Å². The molecule has 0 heterocycles. The molecule has 10 heavy (non-hydrogen) atoms. The number of aliphatic hydroxyl groups excluding tert-OH is 1. The van der Waals surface area contributed by atoms with Crippen molar-refractivity contribution in [1.29, 1.82) is 0 Å². The Morgan fingerprint density at radius 3 is 2.70 bits per heavy atom. The Kier molecular flexibility index (Phi) is 3.41. The molecule has 0 bridgehead atoms. The van der Waals surface area contributed by atoms with Gasteiger partial charge in [0.1, 0.15) is 6.61 Å². The van der Waals surface area contributed by atoms with Gasteiger partial charge in [0.05, 0.1) is 0 Å². The first-order chi connectivity index (χ1) is 4.52. The van der Waals surface area contributed by atoms with E-state index in [4.69, 9.17) is 10.2 Å². The van der Waals surface area contributed by atoms with E-state index in [1.807, 2.05) is 0 Å². The summed E-state index contributed by atoms with van der Waals surface area (Å²) in [5.41, 5.74) is 0. The number of hydrogen-bond donors (Lipinski definition) is 3. The Bertz CT molecular complexity index is 143. The number of rotatable bonds is 3. The third-order valence-electron chi connectivity index (χ3n) is 0.637. The second-order valence-corrected chi connectivity index (χ2v) is 2.23. The third kappa shape index (κ3) is 3.49. The van der Waals surface area contributed by atoms with Gasteiger partial charge in [0.15, 0.2) is 0 Å². The summed E-state index contributed by atoms with van der Waals surface area (Å²) in [5, 5.41) is 14.9. The van der Waals surface area contributed by atoms with E-state index in [1.165, 1.54) is 0 Å². The van der Waals surface area contributed by atoms with Crippen molar-refractivity contribution in [2.24, 2.45) is 0 Å². The Hall–Kier alpha value is -0.520. The standard InChI is InChI=1S/C5H8O4S/c1-2-4(7)9-5(8,10)3-6/h2,6,8,10H,1,3H2. The van der Waals surface area contributed by atoms with Crippen molar-refractivity contribution in [1.82, 2.24) is 0 Å². The van der Waals surface area contributed by atoms with Crippen molar-refractivity contribution in [3.63, 3.8) is 0 Å². The molecule has 2 N–H and O–H groups in total. The molecule has 0 radical (unpaired) electrons. The lowest BCUT2D eigenvalue weighted by Crippen LogP contribution is -2.31. The summed E-state index contributed by atoms with van der Waals surface area (Å²) in [6, 6.07) is 0. The summed E-state index contributed by atoms with van der Waals surface area (Å²) >= 11 is 3.39. The topological polar surface area (TPSA) is 66.8 Å². The second-order valence-electron chi connectivity index (χ2n) is 1.53. The Labute approximate surface area is 63.5 Å². The van der Waals surface area contributed by atoms with Crippen LogP contribution in [-0.2, 0) is 9.53 Å². The van der Waals surface area contributed by atoms with Crippen LogP contribution in [0.1, 0.15) is 0 Å². The van der Waals surface area contributed by atoms with E-state index in [1.54, 1.807) is 0 Å². The van der Waals surface area contributed by atoms with Gasteiger partial charge in [-0.15, -0.1) is 0 Å². The van der Waals surface area contributed by atoms with Gasteiger partial charge in [-0.05, 0) is 0 Å². The average molecular weight is 164 g/mol. The average Bonchev–Trinajstić information content (AvgIpc) is 1.87. The molecule has 0 saturated carbocycles. The molecule has 58 valence electrons. The molecule has 1 atom stereocenters. The number of carbonyl (C=O) groups is 1. The number of esters is 1. The molecule has 0 fully saturated rings. The van der Waals surface area contributed by atoms with Gasteiger partial charge < -0.3 is 14.9 Å². The van der Waals surface area contributed by atoms with Crippen LogP contribution >= 0.6 is 12.6 Å². The summed E-state index contributed by atoms with van der Waals surface area (Å²) in [6.45, 7) is 2.31. The van der Waals surface area contributed by atoms with Gasteiger partial charge in [0.2, 0.25) is 0 Å². The van der Waals surface area contributed by atoms with Crippen LogP contribution in [0, 0.1) is 0 Å². The highest BCUT2D eigenvalue weighted by Crippen LogP contribution is 2.10. The molecule has 0 aromatic heterocycles. The van der Waals surface area contributed by atoms with Crippen molar-refractivity contribution >= 4 is 18.6 Å². The largest absolute Gasteiger partial charge is 0.418 e. The summed E-state index contributed by atoms with van der Waals surface area (Å²) in [6.07, 6.45) is 0.858. The van der Waals surface area contributed by atoms with Crippen molar-refractivity contribution in [2.75, 3.05) is 6.61 Å². The summed E-state index contributed by atoms with van der Waals surface area (Å²) < 4.78 is 4.15. The van der Waals surface area contributed by atoms with E-state index < -0.39 is 17.7 Å². The van der Waals surface area contributed by atoms with Crippen LogP contribution in [0.15, 0.2) is 12.7 Å². The van der Waals surface area contributed by atoms with Crippen LogP contribution in [0.3, 0.4) is 0 Å². The van der Waals surface area contributed by atoms with Gasteiger partial charge in [-0.2, -0.15) is 0 Å². The maximum Gasteiger partial charge on any atom is 0.333 e. The number of carbonyl (C=O) groups excluding carboxylic acids is 1. The molecular weight excluding hydrogens is 156 g/mol. The monoisotopic (exact) mass is 164 g/mol. The zero-order valence-electron chi connectivity index (χ0n) is 5.15. The maximum atomic E-state index is 10.3. The van der Waals surface area contributed by atoms with Crippen LogP contribution in [0.25, 0.3) is 0 Å². The van der Waals surface area contributed by atoms with Crippen LogP contribution in [-0.4, -0.2) is 27.9 Å². The highest BCUT2D eigenvalue weighted by Gasteiger charge is 2.23. The van der Waals surface area contributed by atoms with Gasteiger partial charge >= 0.3 is 5.97 Å². The molecule has 0 aromatic carbocycles. The predicted octanol–water partition coefficient (Wildman–Crippen LogP) is -0.716. The minimum Gasteiger partial charge on any atom is -0.418 e. The smallest absolute Gasteiger partial charge is 0.333 e. The van der Waals surface area contributed by atoms with Crippen LogP contribution < -0.4 is 0 Å². The van der Waals surface area contributed by atoms with Gasteiger partial charge in [-0.25, -0.2) is 4.79 Å². The Morgan fingerprint density at radius 2 is 2.40 bits per heavy atom. The van der Waals surface area contributed by atoms with E-state index in [0.29, 0.717) is 0 Å². The summed E-state index contributed by atoms with van der Waals surface area (Å²) in [5.74, 6) is -0.841. The van der Waals surface area contributed by atoms with Crippen LogP contribution in [0.5, 0.6) is 0 Å². The van der Waals surface area contributed by atoms with Crippen LogP contribution in [0.4, 0.5) is 0 Å². The number of thiol groups is 1. The summed E-state index contributed by atoms with van der Waals surface area (Å²) in [4.78, 5) is 10.3. The lowest BCUT2D eigenvalue weighted by molar-refractivity contribution is -0.178. The molecule has 0 aliphatic heterocycles. The maximum absolute atomic E-state index is 10.3. The Morgan fingerprint density at radius 1 is 1.90 bits per heavy atom.